The number of aliphatic hydroxyl groups is 1. The first-order valence-corrected chi connectivity index (χ1v) is 6.28. The van der Waals surface area contributed by atoms with E-state index in [1.165, 1.54) is 0 Å². The number of nitrogens with zero attached hydrogens (tertiary/aromatic N) is 4. The molecule has 1 aromatic heterocycles. The summed E-state index contributed by atoms with van der Waals surface area (Å²) >= 11 is 5.85. The summed E-state index contributed by atoms with van der Waals surface area (Å²) in [6.45, 7) is 6.68. The van der Waals surface area contributed by atoms with Crippen molar-refractivity contribution in [3.63, 3.8) is 0 Å². The van der Waals surface area contributed by atoms with Gasteiger partial charge in [-0.25, -0.2) is 0 Å². The van der Waals surface area contributed by atoms with Crippen LogP contribution in [0.3, 0.4) is 0 Å². The standard InChI is InChI=1S/C11H20ClN5O/c1-5-6-13-9-14-8(12)15-10(16-9)17(4)7-11(2,3)18/h18H,5-7H2,1-4H3,(H,13,14,15,16). The fourth-order valence-electron chi connectivity index (χ4n) is 1.48. The number of hydrogen-bond donors (Lipinski definition) is 2. The summed E-state index contributed by atoms with van der Waals surface area (Å²) < 4.78 is 0. The van der Waals surface area contributed by atoms with E-state index < -0.39 is 5.60 Å². The number of anilines is 2. The molecule has 0 aliphatic carbocycles. The van der Waals surface area contributed by atoms with Gasteiger partial charge in [0.15, 0.2) is 0 Å². The third-order valence-electron chi connectivity index (χ3n) is 2.09. The number of likely N-dealkylation sites (N-methyl/N-ethyl adjacent to an activating group) is 1. The highest BCUT2D eigenvalue weighted by molar-refractivity contribution is 6.28. The fourth-order valence-corrected chi connectivity index (χ4v) is 1.63. The Kier molecular flexibility index (Phi) is 5.10. The summed E-state index contributed by atoms with van der Waals surface area (Å²) in [7, 11) is 1.80. The van der Waals surface area contributed by atoms with Crippen LogP contribution in [0.1, 0.15) is 27.2 Å². The third-order valence-corrected chi connectivity index (χ3v) is 2.26. The molecule has 102 valence electrons. The Balaban J connectivity index is 2.84. The number of nitrogens with one attached hydrogen (secondary N) is 1. The van der Waals surface area contributed by atoms with Crippen molar-refractivity contribution < 1.29 is 5.11 Å². The molecule has 1 aromatic rings. The number of rotatable bonds is 6. The molecule has 0 bridgehead atoms. The summed E-state index contributed by atoms with van der Waals surface area (Å²) in [6, 6.07) is 0. The van der Waals surface area contributed by atoms with E-state index in [0.29, 0.717) is 18.4 Å². The molecule has 0 radical (unpaired) electrons. The van der Waals surface area contributed by atoms with Gasteiger partial charge in [-0.15, -0.1) is 0 Å². The smallest absolute Gasteiger partial charge is 0.231 e. The van der Waals surface area contributed by atoms with Crippen LogP contribution in [0.5, 0.6) is 0 Å². The maximum absolute atomic E-state index is 9.77. The Bertz CT molecular complexity index is 394. The normalized spacial score (nSPS) is 11.4. The molecule has 0 aliphatic rings. The van der Waals surface area contributed by atoms with Gasteiger partial charge in [0.2, 0.25) is 17.2 Å². The zero-order valence-electron chi connectivity index (χ0n) is 11.2. The lowest BCUT2D eigenvalue weighted by Gasteiger charge is -2.25. The van der Waals surface area contributed by atoms with E-state index in [1.807, 2.05) is 0 Å². The van der Waals surface area contributed by atoms with Crippen LogP contribution >= 0.6 is 11.6 Å². The molecule has 2 N–H and O–H groups in total. The van der Waals surface area contributed by atoms with Gasteiger partial charge in [0.05, 0.1) is 5.60 Å². The summed E-state index contributed by atoms with van der Waals surface area (Å²) in [6.07, 6.45) is 0.970. The van der Waals surface area contributed by atoms with Crippen molar-refractivity contribution >= 4 is 23.5 Å². The number of aromatic nitrogens is 3. The molecule has 7 heteroatoms. The van der Waals surface area contributed by atoms with E-state index in [1.54, 1.807) is 25.8 Å². The lowest BCUT2D eigenvalue weighted by atomic mass is 10.1. The van der Waals surface area contributed by atoms with Crippen LogP contribution in [0.2, 0.25) is 5.28 Å². The van der Waals surface area contributed by atoms with Gasteiger partial charge in [0.25, 0.3) is 0 Å². The number of halogens is 1. The predicted molar refractivity (Wildman–Crippen MR) is 73.2 cm³/mol. The average Bonchev–Trinajstić information content (AvgIpc) is 2.23. The first-order valence-electron chi connectivity index (χ1n) is 5.91. The molecule has 0 fully saturated rings. The van der Waals surface area contributed by atoms with Gasteiger partial charge in [-0.2, -0.15) is 15.0 Å². The molecule has 0 amide bonds. The zero-order chi connectivity index (χ0) is 13.8. The van der Waals surface area contributed by atoms with E-state index in [-0.39, 0.29) is 5.28 Å². The highest BCUT2D eigenvalue weighted by Crippen LogP contribution is 2.15. The van der Waals surface area contributed by atoms with E-state index in [2.05, 4.69) is 27.2 Å². The molecule has 0 spiro atoms. The van der Waals surface area contributed by atoms with Crippen LogP contribution in [0.15, 0.2) is 0 Å². The van der Waals surface area contributed by atoms with Crippen LogP contribution in [0.25, 0.3) is 0 Å². The maximum Gasteiger partial charge on any atom is 0.231 e. The minimum atomic E-state index is -0.829. The Morgan fingerprint density at radius 2 is 2.00 bits per heavy atom. The quantitative estimate of drug-likeness (QED) is 0.819. The predicted octanol–water partition coefficient (Wildman–Crippen LogP) is 1.55. The van der Waals surface area contributed by atoms with E-state index in [9.17, 15) is 5.11 Å². The first-order chi connectivity index (χ1) is 8.31. The molecule has 0 aromatic carbocycles. The summed E-state index contributed by atoms with van der Waals surface area (Å²) in [5.41, 5.74) is -0.829. The number of hydrogen-bond acceptors (Lipinski definition) is 6. The molecule has 0 aliphatic heterocycles. The summed E-state index contributed by atoms with van der Waals surface area (Å²) in [5.74, 6) is 0.894. The van der Waals surface area contributed by atoms with Gasteiger partial charge in [-0.05, 0) is 31.9 Å². The molecular formula is C11H20ClN5O. The second-order valence-electron chi connectivity index (χ2n) is 4.82. The summed E-state index contributed by atoms with van der Waals surface area (Å²) in [5, 5.41) is 13.0. The molecular weight excluding hydrogens is 254 g/mol. The average molecular weight is 274 g/mol. The lowest BCUT2D eigenvalue weighted by Crippen LogP contribution is -2.37. The molecule has 0 saturated heterocycles. The van der Waals surface area contributed by atoms with Gasteiger partial charge >= 0.3 is 0 Å². The van der Waals surface area contributed by atoms with Crippen molar-refractivity contribution in [1.82, 2.24) is 15.0 Å². The second-order valence-corrected chi connectivity index (χ2v) is 5.16. The van der Waals surface area contributed by atoms with Gasteiger partial charge in [-0.3, -0.25) is 0 Å². The zero-order valence-corrected chi connectivity index (χ0v) is 12.0. The third kappa shape index (κ3) is 5.01. The lowest BCUT2D eigenvalue weighted by molar-refractivity contribution is 0.0883. The minimum absolute atomic E-state index is 0.140. The minimum Gasteiger partial charge on any atom is -0.389 e. The first kappa shape index (κ1) is 14.9. The monoisotopic (exact) mass is 273 g/mol. The van der Waals surface area contributed by atoms with E-state index in [4.69, 9.17) is 11.6 Å². The van der Waals surface area contributed by atoms with Crippen molar-refractivity contribution in [3.05, 3.63) is 5.28 Å². The van der Waals surface area contributed by atoms with Crippen LogP contribution in [0, 0.1) is 0 Å². The molecule has 18 heavy (non-hydrogen) atoms. The Morgan fingerprint density at radius 3 is 2.56 bits per heavy atom. The molecule has 1 rings (SSSR count). The topological polar surface area (TPSA) is 74.2 Å². The second kappa shape index (κ2) is 6.15. The van der Waals surface area contributed by atoms with Crippen molar-refractivity contribution in [1.29, 1.82) is 0 Å². The molecule has 6 nitrogen and oxygen atoms in total. The van der Waals surface area contributed by atoms with Crippen molar-refractivity contribution in [2.75, 3.05) is 30.4 Å². The van der Waals surface area contributed by atoms with Crippen molar-refractivity contribution in [3.8, 4) is 0 Å². The van der Waals surface area contributed by atoms with E-state index in [0.717, 1.165) is 13.0 Å². The highest BCUT2D eigenvalue weighted by Gasteiger charge is 2.18. The fraction of sp³-hybridized carbons (Fsp3) is 0.727. The molecule has 0 saturated carbocycles. The maximum atomic E-state index is 9.77. The van der Waals surface area contributed by atoms with Crippen molar-refractivity contribution in [2.45, 2.75) is 32.8 Å². The van der Waals surface area contributed by atoms with Crippen LogP contribution in [0.4, 0.5) is 11.9 Å². The Hall–Kier alpha value is -1.14. The summed E-state index contributed by atoms with van der Waals surface area (Å²) in [4.78, 5) is 14.0. The Labute approximate surface area is 112 Å². The largest absolute Gasteiger partial charge is 0.389 e. The molecule has 1 heterocycles. The van der Waals surface area contributed by atoms with Crippen molar-refractivity contribution in [2.24, 2.45) is 0 Å². The SMILES string of the molecule is CCCNc1nc(Cl)nc(N(C)CC(C)(C)O)n1. The van der Waals surface area contributed by atoms with Crippen LogP contribution in [-0.4, -0.2) is 45.8 Å². The van der Waals surface area contributed by atoms with Crippen LogP contribution < -0.4 is 10.2 Å². The Morgan fingerprint density at radius 1 is 1.33 bits per heavy atom. The van der Waals surface area contributed by atoms with Gasteiger partial charge < -0.3 is 15.3 Å². The van der Waals surface area contributed by atoms with Gasteiger partial charge in [-0.1, -0.05) is 6.92 Å². The molecule has 0 atom stereocenters. The van der Waals surface area contributed by atoms with Crippen LogP contribution in [-0.2, 0) is 0 Å². The highest BCUT2D eigenvalue weighted by atomic mass is 35.5. The molecule has 0 unspecified atom stereocenters. The van der Waals surface area contributed by atoms with Gasteiger partial charge in [0.1, 0.15) is 0 Å². The van der Waals surface area contributed by atoms with Gasteiger partial charge in [0, 0.05) is 20.1 Å². The van der Waals surface area contributed by atoms with E-state index >= 15 is 0 Å².